The second-order valence-electron chi connectivity index (χ2n) is 4.28. The zero-order valence-corrected chi connectivity index (χ0v) is 11.5. The lowest BCUT2D eigenvalue weighted by Gasteiger charge is -2.01. The summed E-state index contributed by atoms with van der Waals surface area (Å²) in [6.07, 6.45) is 8.80. The normalized spacial score (nSPS) is 10.4. The van der Waals surface area contributed by atoms with Crippen LogP contribution in [-0.2, 0) is 4.79 Å². The Bertz CT molecular complexity index is 330. The highest BCUT2D eigenvalue weighted by Crippen LogP contribution is 2.17. The number of carbonyl (C=O) groups is 1. The van der Waals surface area contributed by atoms with E-state index >= 15 is 0 Å². The molecule has 4 heteroatoms. The third-order valence-electron chi connectivity index (χ3n) is 2.67. The van der Waals surface area contributed by atoms with E-state index in [0.29, 0.717) is 6.42 Å². The van der Waals surface area contributed by atoms with Gasteiger partial charge in [-0.3, -0.25) is 4.79 Å². The van der Waals surface area contributed by atoms with Gasteiger partial charge in [-0.2, -0.15) is 0 Å². The zero-order chi connectivity index (χ0) is 13.1. The monoisotopic (exact) mass is 267 g/mol. The molecule has 0 saturated carbocycles. The molecule has 0 aliphatic rings. The minimum atomic E-state index is -0.679. The number of pyridine rings is 1. The molecule has 1 N–H and O–H groups in total. The fourth-order valence-electron chi connectivity index (χ4n) is 1.69. The van der Waals surface area contributed by atoms with Crippen LogP contribution in [0.4, 0.5) is 0 Å². The highest BCUT2D eigenvalue weighted by atomic mass is 32.2. The molecule has 0 aromatic carbocycles. The summed E-state index contributed by atoms with van der Waals surface area (Å²) in [7, 11) is 0. The number of carboxylic acids is 1. The molecule has 0 radical (unpaired) electrons. The van der Waals surface area contributed by atoms with Crippen LogP contribution in [0.25, 0.3) is 0 Å². The Hall–Kier alpha value is -1.03. The number of nitrogens with zero attached hydrogens (tertiary/aromatic N) is 1. The van der Waals surface area contributed by atoms with Crippen molar-refractivity contribution in [2.24, 2.45) is 0 Å². The summed E-state index contributed by atoms with van der Waals surface area (Å²) >= 11 is 1.80. The van der Waals surface area contributed by atoms with Crippen LogP contribution in [-0.4, -0.2) is 21.8 Å². The highest BCUT2D eigenvalue weighted by Gasteiger charge is 1.97. The first kappa shape index (κ1) is 15.0. The maximum atomic E-state index is 10.3. The molecule has 0 bridgehead atoms. The fourth-order valence-corrected chi connectivity index (χ4v) is 2.56. The third kappa shape index (κ3) is 8.12. The van der Waals surface area contributed by atoms with Crippen molar-refractivity contribution in [3.63, 3.8) is 0 Å². The minimum absolute atomic E-state index is 0.315. The van der Waals surface area contributed by atoms with Gasteiger partial charge in [-0.25, -0.2) is 4.98 Å². The van der Waals surface area contributed by atoms with Gasteiger partial charge in [0, 0.05) is 12.6 Å². The quantitative estimate of drug-likeness (QED) is 0.514. The van der Waals surface area contributed by atoms with Crippen molar-refractivity contribution in [3.05, 3.63) is 24.4 Å². The summed E-state index contributed by atoms with van der Waals surface area (Å²) in [5, 5.41) is 9.58. The number of hydrogen-bond donors (Lipinski definition) is 1. The molecule has 0 aliphatic carbocycles. The molecule has 0 spiro atoms. The molecule has 18 heavy (non-hydrogen) atoms. The lowest BCUT2D eigenvalue weighted by Crippen LogP contribution is -1.93. The van der Waals surface area contributed by atoms with Crippen molar-refractivity contribution in [2.75, 3.05) is 5.75 Å². The van der Waals surface area contributed by atoms with E-state index in [0.717, 1.165) is 30.0 Å². The van der Waals surface area contributed by atoms with Gasteiger partial charge in [0.25, 0.3) is 0 Å². The van der Waals surface area contributed by atoms with Crippen molar-refractivity contribution in [2.45, 2.75) is 50.0 Å². The smallest absolute Gasteiger partial charge is 0.303 e. The molecule has 0 saturated heterocycles. The predicted molar refractivity (Wildman–Crippen MR) is 74.9 cm³/mol. The van der Waals surface area contributed by atoms with Crippen LogP contribution in [0.15, 0.2) is 29.4 Å². The molecular formula is C14H21NO2S. The molecule has 0 unspecified atom stereocenters. The number of unbranched alkanes of at least 4 members (excludes halogenated alkanes) is 5. The Kier molecular flexibility index (Phi) is 8.30. The van der Waals surface area contributed by atoms with E-state index in [2.05, 4.69) is 4.98 Å². The maximum Gasteiger partial charge on any atom is 0.303 e. The second-order valence-corrected chi connectivity index (χ2v) is 5.40. The Morgan fingerprint density at radius 3 is 2.50 bits per heavy atom. The summed E-state index contributed by atoms with van der Waals surface area (Å²) in [6, 6.07) is 5.98. The van der Waals surface area contributed by atoms with Gasteiger partial charge in [0.1, 0.15) is 0 Å². The summed E-state index contributed by atoms with van der Waals surface area (Å²) in [5.74, 6) is 0.438. The summed E-state index contributed by atoms with van der Waals surface area (Å²) in [5.41, 5.74) is 0. The fraction of sp³-hybridized carbons (Fsp3) is 0.571. The Labute approximate surface area is 113 Å². The van der Waals surface area contributed by atoms with Gasteiger partial charge in [0.2, 0.25) is 0 Å². The minimum Gasteiger partial charge on any atom is -0.481 e. The van der Waals surface area contributed by atoms with Gasteiger partial charge in [-0.05, 0) is 30.7 Å². The molecule has 1 rings (SSSR count). The van der Waals surface area contributed by atoms with Crippen LogP contribution >= 0.6 is 11.8 Å². The maximum absolute atomic E-state index is 10.3. The van der Waals surface area contributed by atoms with E-state index in [1.54, 1.807) is 11.8 Å². The van der Waals surface area contributed by atoms with E-state index in [1.807, 2.05) is 24.4 Å². The molecule has 3 nitrogen and oxygen atoms in total. The second kappa shape index (κ2) is 9.95. The topological polar surface area (TPSA) is 50.2 Å². The Balaban J connectivity index is 1.86. The molecule has 1 heterocycles. The van der Waals surface area contributed by atoms with Crippen molar-refractivity contribution in [1.82, 2.24) is 4.98 Å². The Morgan fingerprint density at radius 1 is 1.11 bits per heavy atom. The van der Waals surface area contributed by atoms with Crippen LogP contribution in [0.3, 0.4) is 0 Å². The summed E-state index contributed by atoms with van der Waals surface area (Å²) in [6.45, 7) is 0. The van der Waals surface area contributed by atoms with Gasteiger partial charge >= 0.3 is 5.97 Å². The Morgan fingerprint density at radius 2 is 1.83 bits per heavy atom. The average Bonchev–Trinajstić information content (AvgIpc) is 2.37. The van der Waals surface area contributed by atoms with Gasteiger partial charge in [0.15, 0.2) is 0 Å². The molecule has 0 fully saturated rings. The molecular weight excluding hydrogens is 246 g/mol. The molecule has 1 aromatic heterocycles. The van der Waals surface area contributed by atoms with Gasteiger partial charge < -0.3 is 5.11 Å². The summed E-state index contributed by atoms with van der Waals surface area (Å²) in [4.78, 5) is 14.6. The van der Waals surface area contributed by atoms with E-state index in [9.17, 15) is 4.79 Å². The number of aliphatic carboxylic acids is 1. The van der Waals surface area contributed by atoms with Gasteiger partial charge in [-0.1, -0.05) is 31.7 Å². The SMILES string of the molecule is O=C(O)CCCCCCCCSc1ccccn1. The average molecular weight is 267 g/mol. The van der Waals surface area contributed by atoms with Crippen molar-refractivity contribution in [1.29, 1.82) is 0 Å². The van der Waals surface area contributed by atoms with Crippen LogP contribution in [0, 0.1) is 0 Å². The van der Waals surface area contributed by atoms with Crippen LogP contribution < -0.4 is 0 Å². The molecule has 100 valence electrons. The molecule has 1 aromatic rings. The van der Waals surface area contributed by atoms with E-state index in [-0.39, 0.29) is 0 Å². The number of rotatable bonds is 10. The standard InChI is InChI=1S/C14H21NO2S/c16-14(17)10-5-3-1-2-4-8-12-18-13-9-6-7-11-15-13/h6-7,9,11H,1-5,8,10,12H2,(H,16,17). The number of aromatic nitrogens is 1. The largest absolute Gasteiger partial charge is 0.481 e. The van der Waals surface area contributed by atoms with Gasteiger partial charge in [-0.15, -0.1) is 11.8 Å². The summed E-state index contributed by atoms with van der Waals surface area (Å²) < 4.78 is 0. The van der Waals surface area contributed by atoms with E-state index in [4.69, 9.17) is 5.11 Å². The van der Waals surface area contributed by atoms with Crippen molar-refractivity contribution in [3.8, 4) is 0 Å². The zero-order valence-electron chi connectivity index (χ0n) is 10.7. The first-order chi connectivity index (χ1) is 8.79. The van der Waals surface area contributed by atoms with Crippen molar-refractivity contribution < 1.29 is 9.90 Å². The molecule has 0 aliphatic heterocycles. The number of hydrogen-bond acceptors (Lipinski definition) is 3. The van der Waals surface area contributed by atoms with E-state index < -0.39 is 5.97 Å². The number of thioether (sulfide) groups is 1. The van der Waals surface area contributed by atoms with Crippen molar-refractivity contribution >= 4 is 17.7 Å². The molecule has 0 amide bonds. The first-order valence-electron chi connectivity index (χ1n) is 6.54. The number of carboxylic acid groups (broad SMARTS) is 1. The molecule has 0 atom stereocenters. The lowest BCUT2D eigenvalue weighted by molar-refractivity contribution is -0.137. The lowest BCUT2D eigenvalue weighted by atomic mass is 10.1. The van der Waals surface area contributed by atoms with Crippen LogP contribution in [0.5, 0.6) is 0 Å². The van der Waals surface area contributed by atoms with Crippen LogP contribution in [0.1, 0.15) is 44.9 Å². The highest BCUT2D eigenvalue weighted by molar-refractivity contribution is 7.99. The van der Waals surface area contributed by atoms with E-state index in [1.165, 1.54) is 19.3 Å². The first-order valence-corrected chi connectivity index (χ1v) is 7.53. The predicted octanol–water partition coefficient (Wildman–Crippen LogP) is 3.99. The van der Waals surface area contributed by atoms with Crippen LogP contribution in [0.2, 0.25) is 0 Å². The third-order valence-corrected chi connectivity index (χ3v) is 3.70. The van der Waals surface area contributed by atoms with Gasteiger partial charge in [0.05, 0.1) is 5.03 Å².